The number of aliphatic hydroxyl groups excluding tert-OH is 1. The van der Waals surface area contributed by atoms with Crippen molar-refractivity contribution in [2.75, 3.05) is 6.61 Å². The molecule has 40 heavy (non-hydrogen) atoms. The molecule has 0 aliphatic carbocycles. The van der Waals surface area contributed by atoms with Gasteiger partial charge in [-0.1, -0.05) is 78.4 Å². The highest BCUT2D eigenvalue weighted by Gasteiger charge is 2.20. The average Bonchev–Trinajstić information content (AvgIpc) is 2.97. The van der Waals surface area contributed by atoms with Crippen molar-refractivity contribution in [3.8, 4) is 5.75 Å². The van der Waals surface area contributed by atoms with Crippen LogP contribution in [-0.2, 0) is 38.6 Å². The van der Waals surface area contributed by atoms with Crippen LogP contribution in [-0.4, -0.2) is 35.6 Å². The Morgan fingerprint density at radius 2 is 1.60 bits per heavy atom. The molecule has 0 saturated carbocycles. The summed E-state index contributed by atoms with van der Waals surface area (Å²) >= 11 is 0. The lowest BCUT2D eigenvalue weighted by Gasteiger charge is -2.14. The van der Waals surface area contributed by atoms with Gasteiger partial charge in [-0.3, -0.25) is 9.59 Å². The van der Waals surface area contributed by atoms with Crippen molar-refractivity contribution in [3.63, 3.8) is 0 Å². The summed E-state index contributed by atoms with van der Waals surface area (Å²) in [6, 6.07) is 23.0. The first-order valence-electron chi connectivity index (χ1n) is 13.1. The first-order valence-corrected chi connectivity index (χ1v) is 13.1. The van der Waals surface area contributed by atoms with E-state index >= 15 is 0 Å². The second kappa shape index (κ2) is 15.8. The van der Waals surface area contributed by atoms with Gasteiger partial charge in [-0.2, -0.15) is 0 Å². The van der Waals surface area contributed by atoms with Crippen LogP contribution in [0.4, 0.5) is 0 Å². The molecule has 0 aromatic heterocycles. The zero-order valence-corrected chi connectivity index (χ0v) is 22.8. The minimum Gasteiger partial charge on any atom is -0.459 e. The molecule has 7 nitrogen and oxygen atoms in total. The summed E-state index contributed by atoms with van der Waals surface area (Å²) in [5.41, 5.74) is 4.50. The van der Waals surface area contributed by atoms with Crippen LogP contribution in [0.2, 0.25) is 0 Å². The number of hydrogen-bond acceptors (Lipinski definition) is 6. The fourth-order valence-corrected chi connectivity index (χ4v) is 3.74. The predicted octanol–water partition coefficient (Wildman–Crippen LogP) is 4.97. The van der Waals surface area contributed by atoms with Gasteiger partial charge in [0.15, 0.2) is 6.04 Å². The summed E-state index contributed by atoms with van der Waals surface area (Å²) in [6.07, 6.45) is 6.30. The molecule has 3 aromatic carbocycles. The number of aryl methyl sites for hydroxylation is 1. The van der Waals surface area contributed by atoms with Crippen LogP contribution in [0.5, 0.6) is 5.75 Å². The molecule has 3 aromatic rings. The smallest absolute Gasteiger partial charge is 0.331 e. The SMILES string of the molecule is CC(C)=CCc1cc(/C=C/C(=O)N[C@@H](CO)C(=O)OCc2ccccc2)ccc1OC(=O)CCc1ccccc1. The monoisotopic (exact) mass is 541 g/mol. The lowest BCUT2D eigenvalue weighted by Crippen LogP contribution is -2.43. The standard InChI is InChI=1S/C33H35NO6/c1-24(2)13-17-28-21-26(14-18-30(28)40-32(37)20-16-25-9-5-3-6-10-25)15-19-31(36)34-29(22-35)33(38)39-23-27-11-7-4-8-12-27/h3-15,18-19,21,29,35H,16-17,20,22-23H2,1-2H3,(H,34,36)/b19-15+/t29-/m0/s1. The van der Waals surface area contributed by atoms with E-state index < -0.39 is 24.5 Å². The normalized spacial score (nSPS) is 11.5. The van der Waals surface area contributed by atoms with E-state index in [9.17, 15) is 19.5 Å². The van der Waals surface area contributed by atoms with Crippen molar-refractivity contribution >= 4 is 23.9 Å². The third-order valence-corrected chi connectivity index (χ3v) is 5.93. The van der Waals surface area contributed by atoms with Crippen LogP contribution in [0, 0.1) is 0 Å². The van der Waals surface area contributed by atoms with E-state index in [0.717, 1.165) is 22.3 Å². The lowest BCUT2D eigenvalue weighted by molar-refractivity contribution is -0.149. The van der Waals surface area contributed by atoms with E-state index in [2.05, 4.69) is 5.32 Å². The zero-order chi connectivity index (χ0) is 28.7. The Morgan fingerprint density at radius 1 is 0.925 bits per heavy atom. The maximum Gasteiger partial charge on any atom is 0.331 e. The molecule has 0 aliphatic heterocycles. The van der Waals surface area contributed by atoms with Crippen LogP contribution in [0.3, 0.4) is 0 Å². The van der Waals surface area contributed by atoms with E-state index in [0.29, 0.717) is 24.2 Å². The average molecular weight is 542 g/mol. The summed E-state index contributed by atoms with van der Waals surface area (Å²) in [7, 11) is 0. The van der Waals surface area contributed by atoms with Gasteiger partial charge in [0.2, 0.25) is 5.91 Å². The molecule has 0 bridgehead atoms. The first-order chi connectivity index (χ1) is 19.3. The van der Waals surface area contributed by atoms with Gasteiger partial charge >= 0.3 is 11.9 Å². The highest BCUT2D eigenvalue weighted by molar-refractivity contribution is 5.94. The minimum atomic E-state index is -1.19. The number of nitrogens with one attached hydrogen (secondary N) is 1. The molecule has 0 heterocycles. The molecule has 2 N–H and O–H groups in total. The van der Waals surface area contributed by atoms with Crippen LogP contribution in [0.1, 0.15) is 42.5 Å². The second-order valence-corrected chi connectivity index (χ2v) is 9.48. The van der Waals surface area contributed by atoms with Gasteiger partial charge in [-0.25, -0.2) is 4.79 Å². The number of carbonyl (C=O) groups is 3. The van der Waals surface area contributed by atoms with Gasteiger partial charge in [0, 0.05) is 12.5 Å². The molecule has 1 atom stereocenters. The van der Waals surface area contributed by atoms with Gasteiger partial charge < -0.3 is 19.9 Å². The Bertz CT molecular complexity index is 1330. The minimum absolute atomic E-state index is 0.0412. The molecule has 7 heteroatoms. The van der Waals surface area contributed by atoms with Crippen LogP contribution in [0.25, 0.3) is 6.08 Å². The third kappa shape index (κ3) is 10.3. The molecule has 208 valence electrons. The van der Waals surface area contributed by atoms with Crippen molar-refractivity contribution in [1.82, 2.24) is 5.32 Å². The van der Waals surface area contributed by atoms with Gasteiger partial charge in [0.05, 0.1) is 6.61 Å². The second-order valence-electron chi connectivity index (χ2n) is 9.48. The summed E-state index contributed by atoms with van der Waals surface area (Å²) in [5.74, 6) is -1.13. The van der Waals surface area contributed by atoms with E-state index in [4.69, 9.17) is 9.47 Å². The number of amides is 1. The fraction of sp³-hybridized carbons (Fsp3) is 0.242. The number of hydrogen-bond donors (Lipinski definition) is 2. The number of carbonyl (C=O) groups excluding carboxylic acids is 3. The third-order valence-electron chi connectivity index (χ3n) is 5.93. The van der Waals surface area contributed by atoms with Crippen molar-refractivity contribution in [2.45, 2.75) is 45.8 Å². The van der Waals surface area contributed by atoms with Gasteiger partial charge in [0.1, 0.15) is 12.4 Å². The van der Waals surface area contributed by atoms with E-state index in [1.807, 2.05) is 86.7 Å². The molecule has 0 saturated heterocycles. The number of esters is 2. The van der Waals surface area contributed by atoms with Crippen molar-refractivity contribution in [3.05, 3.63) is 119 Å². The molecule has 0 radical (unpaired) electrons. The quantitative estimate of drug-likeness (QED) is 0.137. The van der Waals surface area contributed by atoms with Crippen LogP contribution in [0.15, 0.2) is 96.6 Å². The highest BCUT2D eigenvalue weighted by atomic mass is 16.5. The topological polar surface area (TPSA) is 102 Å². The molecular weight excluding hydrogens is 506 g/mol. The van der Waals surface area contributed by atoms with Crippen molar-refractivity contribution < 1.29 is 29.0 Å². The summed E-state index contributed by atoms with van der Waals surface area (Å²) in [4.78, 5) is 37.3. The van der Waals surface area contributed by atoms with E-state index in [1.165, 1.54) is 6.08 Å². The van der Waals surface area contributed by atoms with Crippen molar-refractivity contribution in [1.29, 1.82) is 0 Å². The van der Waals surface area contributed by atoms with Gasteiger partial charge in [0.25, 0.3) is 0 Å². The van der Waals surface area contributed by atoms with Gasteiger partial charge in [-0.15, -0.1) is 0 Å². The molecule has 0 unspecified atom stereocenters. The predicted molar refractivity (Wildman–Crippen MR) is 154 cm³/mol. The molecule has 0 fully saturated rings. The zero-order valence-electron chi connectivity index (χ0n) is 22.8. The maximum atomic E-state index is 12.5. The maximum absolute atomic E-state index is 12.5. The Morgan fingerprint density at radius 3 is 2.25 bits per heavy atom. The van der Waals surface area contributed by atoms with Gasteiger partial charge in [-0.05, 0) is 67.2 Å². The molecular formula is C33H35NO6. The Hall–Kier alpha value is -4.49. The Kier molecular flexibility index (Phi) is 11.9. The number of ether oxygens (including phenoxy) is 2. The Balaban J connectivity index is 1.61. The number of aliphatic hydroxyl groups is 1. The van der Waals surface area contributed by atoms with Crippen LogP contribution >= 0.6 is 0 Å². The number of allylic oxidation sites excluding steroid dienone is 2. The van der Waals surface area contributed by atoms with E-state index in [1.54, 1.807) is 18.2 Å². The lowest BCUT2D eigenvalue weighted by atomic mass is 10.0. The van der Waals surface area contributed by atoms with Crippen molar-refractivity contribution in [2.24, 2.45) is 0 Å². The number of benzene rings is 3. The number of rotatable bonds is 13. The molecule has 0 spiro atoms. The van der Waals surface area contributed by atoms with Crippen LogP contribution < -0.4 is 10.1 Å². The van der Waals surface area contributed by atoms with E-state index in [-0.39, 0.29) is 19.0 Å². The molecule has 0 aliphatic rings. The largest absolute Gasteiger partial charge is 0.459 e. The fourth-order valence-electron chi connectivity index (χ4n) is 3.74. The summed E-state index contributed by atoms with van der Waals surface area (Å²) < 4.78 is 10.9. The summed E-state index contributed by atoms with van der Waals surface area (Å²) in [6.45, 7) is 3.42. The highest BCUT2D eigenvalue weighted by Crippen LogP contribution is 2.23. The summed E-state index contributed by atoms with van der Waals surface area (Å²) in [5, 5.41) is 12.1. The molecule has 3 rings (SSSR count). The first kappa shape index (κ1) is 30.1. The molecule has 1 amide bonds. The Labute approximate surface area is 235 Å².